The van der Waals surface area contributed by atoms with Crippen molar-refractivity contribution in [3.63, 3.8) is 0 Å². The quantitative estimate of drug-likeness (QED) is 0.678. The van der Waals surface area contributed by atoms with E-state index in [2.05, 4.69) is 11.1 Å². The van der Waals surface area contributed by atoms with Gasteiger partial charge in [-0.3, -0.25) is 0 Å². The minimum Gasteiger partial charge on any atom is -0.243 e. The minimum atomic E-state index is 0.317. The Labute approximate surface area is 94.9 Å². The molecular weight excluding hydrogens is 208 g/mol. The Kier molecular flexibility index (Phi) is 3.23. The SMILES string of the molecule is N#Cc1cc(C2CCCCC2)cnc1Cl. The molecule has 1 aromatic rings. The van der Waals surface area contributed by atoms with Gasteiger partial charge in [-0.25, -0.2) is 4.98 Å². The molecular formula is C12H13ClN2. The Bertz CT molecular complexity index is 389. The van der Waals surface area contributed by atoms with E-state index in [4.69, 9.17) is 16.9 Å². The fraction of sp³-hybridized carbons (Fsp3) is 0.500. The number of rotatable bonds is 1. The van der Waals surface area contributed by atoms with Crippen molar-refractivity contribution in [1.82, 2.24) is 4.98 Å². The van der Waals surface area contributed by atoms with Crippen molar-refractivity contribution in [2.24, 2.45) is 0 Å². The largest absolute Gasteiger partial charge is 0.243 e. The molecule has 0 N–H and O–H groups in total. The summed E-state index contributed by atoms with van der Waals surface area (Å²) in [7, 11) is 0. The molecule has 0 amide bonds. The van der Waals surface area contributed by atoms with Gasteiger partial charge in [-0.05, 0) is 30.4 Å². The number of nitrogens with zero attached hydrogens (tertiary/aromatic N) is 2. The molecule has 1 fully saturated rings. The predicted octanol–water partition coefficient (Wildman–Crippen LogP) is 3.65. The summed E-state index contributed by atoms with van der Waals surface area (Å²) in [6.07, 6.45) is 8.16. The topological polar surface area (TPSA) is 36.7 Å². The molecule has 1 heterocycles. The van der Waals surface area contributed by atoms with Crippen molar-refractivity contribution in [1.29, 1.82) is 5.26 Å². The van der Waals surface area contributed by atoms with E-state index in [-0.39, 0.29) is 0 Å². The first kappa shape index (κ1) is 10.4. The van der Waals surface area contributed by atoms with E-state index in [1.165, 1.54) is 37.7 Å². The van der Waals surface area contributed by atoms with E-state index >= 15 is 0 Å². The maximum atomic E-state index is 8.87. The van der Waals surface area contributed by atoms with Crippen LogP contribution >= 0.6 is 11.6 Å². The zero-order valence-corrected chi connectivity index (χ0v) is 9.30. The van der Waals surface area contributed by atoms with Crippen LogP contribution in [0.25, 0.3) is 0 Å². The summed E-state index contributed by atoms with van der Waals surface area (Å²) in [5, 5.41) is 9.18. The second-order valence-corrected chi connectivity index (χ2v) is 4.41. The van der Waals surface area contributed by atoms with Crippen LogP contribution in [0, 0.1) is 11.3 Å². The van der Waals surface area contributed by atoms with Gasteiger partial charge in [0, 0.05) is 6.20 Å². The van der Waals surface area contributed by atoms with Crippen LogP contribution in [-0.4, -0.2) is 4.98 Å². The van der Waals surface area contributed by atoms with Crippen LogP contribution in [0.3, 0.4) is 0 Å². The predicted molar refractivity (Wildman–Crippen MR) is 59.8 cm³/mol. The molecule has 0 saturated heterocycles. The molecule has 1 aliphatic rings. The molecule has 0 aliphatic heterocycles. The molecule has 2 nitrogen and oxygen atoms in total. The summed E-state index contributed by atoms with van der Waals surface area (Å²) in [5.74, 6) is 0.579. The van der Waals surface area contributed by atoms with Crippen molar-refractivity contribution in [3.8, 4) is 6.07 Å². The average Bonchev–Trinajstić information content (AvgIpc) is 2.31. The van der Waals surface area contributed by atoms with Gasteiger partial charge >= 0.3 is 0 Å². The third kappa shape index (κ3) is 2.30. The summed E-state index contributed by atoms with van der Waals surface area (Å²) in [5.41, 5.74) is 1.68. The third-order valence-electron chi connectivity index (χ3n) is 3.06. The summed E-state index contributed by atoms with van der Waals surface area (Å²) in [6, 6.07) is 3.97. The van der Waals surface area contributed by atoms with E-state index in [1.807, 2.05) is 12.3 Å². The van der Waals surface area contributed by atoms with Crippen molar-refractivity contribution >= 4 is 11.6 Å². The van der Waals surface area contributed by atoms with Gasteiger partial charge in [-0.1, -0.05) is 30.9 Å². The molecule has 15 heavy (non-hydrogen) atoms. The number of aromatic nitrogens is 1. The number of hydrogen-bond acceptors (Lipinski definition) is 2. The Morgan fingerprint density at radius 3 is 2.73 bits per heavy atom. The lowest BCUT2D eigenvalue weighted by Gasteiger charge is -2.21. The van der Waals surface area contributed by atoms with Crippen molar-refractivity contribution < 1.29 is 0 Å². The highest BCUT2D eigenvalue weighted by atomic mass is 35.5. The van der Waals surface area contributed by atoms with Gasteiger partial charge in [-0.15, -0.1) is 0 Å². The van der Waals surface area contributed by atoms with Gasteiger partial charge in [0.15, 0.2) is 0 Å². The maximum Gasteiger partial charge on any atom is 0.146 e. The molecule has 78 valence electrons. The summed E-state index contributed by atoms with van der Waals surface area (Å²) in [4.78, 5) is 4.07. The summed E-state index contributed by atoms with van der Waals surface area (Å²) < 4.78 is 0. The fourth-order valence-electron chi connectivity index (χ4n) is 2.20. The molecule has 0 aromatic carbocycles. The van der Waals surface area contributed by atoms with Crippen LogP contribution in [-0.2, 0) is 0 Å². The Morgan fingerprint density at radius 1 is 1.33 bits per heavy atom. The fourth-order valence-corrected chi connectivity index (χ4v) is 2.35. The molecule has 0 unspecified atom stereocenters. The molecule has 1 saturated carbocycles. The van der Waals surface area contributed by atoms with Crippen LogP contribution in [0.1, 0.15) is 49.1 Å². The Balaban J connectivity index is 2.25. The van der Waals surface area contributed by atoms with Crippen LogP contribution in [0.4, 0.5) is 0 Å². The zero-order valence-electron chi connectivity index (χ0n) is 8.54. The maximum absolute atomic E-state index is 8.87. The van der Waals surface area contributed by atoms with Crippen LogP contribution in [0.5, 0.6) is 0 Å². The molecule has 0 bridgehead atoms. The molecule has 3 heteroatoms. The monoisotopic (exact) mass is 220 g/mol. The number of hydrogen-bond donors (Lipinski definition) is 0. The van der Waals surface area contributed by atoms with Crippen LogP contribution in [0.15, 0.2) is 12.3 Å². The molecule has 0 spiro atoms. The van der Waals surface area contributed by atoms with E-state index in [1.54, 1.807) is 0 Å². The molecule has 2 rings (SSSR count). The van der Waals surface area contributed by atoms with Gasteiger partial charge in [0.05, 0.1) is 5.56 Å². The van der Waals surface area contributed by atoms with Gasteiger partial charge in [0.25, 0.3) is 0 Å². The van der Waals surface area contributed by atoms with E-state index in [9.17, 15) is 0 Å². The second kappa shape index (κ2) is 4.63. The zero-order chi connectivity index (χ0) is 10.7. The standard InChI is InChI=1S/C12H13ClN2/c13-12-10(7-14)6-11(8-15-12)9-4-2-1-3-5-9/h6,8-9H,1-5H2. The normalized spacial score (nSPS) is 17.3. The molecule has 0 atom stereocenters. The summed E-state index contributed by atoms with van der Waals surface area (Å²) >= 11 is 5.80. The van der Waals surface area contributed by atoms with Crippen LogP contribution < -0.4 is 0 Å². The average molecular weight is 221 g/mol. The molecule has 1 aliphatic carbocycles. The van der Waals surface area contributed by atoms with Gasteiger partial charge in [0.1, 0.15) is 11.2 Å². The summed E-state index contributed by atoms with van der Waals surface area (Å²) in [6.45, 7) is 0. The lowest BCUT2D eigenvalue weighted by atomic mass is 9.84. The Morgan fingerprint density at radius 2 is 2.07 bits per heavy atom. The van der Waals surface area contributed by atoms with Gasteiger partial charge in [-0.2, -0.15) is 5.26 Å². The highest BCUT2D eigenvalue weighted by molar-refractivity contribution is 6.30. The van der Waals surface area contributed by atoms with Gasteiger partial charge in [0.2, 0.25) is 0 Å². The van der Waals surface area contributed by atoms with Crippen molar-refractivity contribution in [3.05, 3.63) is 28.5 Å². The number of pyridine rings is 1. The number of nitriles is 1. The Hall–Kier alpha value is -1.07. The highest BCUT2D eigenvalue weighted by Crippen LogP contribution is 2.33. The minimum absolute atomic E-state index is 0.317. The van der Waals surface area contributed by atoms with E-state index < -0.39 is 0 Å². The van der Waals surface area contributed by atoms with Crippen molar-refractivity contribution in [2.45, 2.75) is 38.0 Å². The molecule has 0 radical (unpaired) electrons. The number of halogens is 1. The smallest absolute Gasteiger partial charge is 0.146 e. The lowest BCUT2D eigenvalue weighted by molar-refractivity contribution is 0.443. The van der Waals surface area contributed by atoms with Crippen molar-refractivity contribution in [2.75, 3.05) is 0 Å². The third-order valence-corrected chi connectivity index (χ3v) is 3.36. The second-order valence-electron chi connectivity index (χ2n) is 4.05. The van der Waals surface area contributed by atoms with E-state index in [0.29, 0.717) is 16.6 Å². The first-order valence-electron chi connectivity index (χ1n) is 5.37. The molecule has 1 aromatic heterocycles. The highest BCUT2D eigenvalue weighted by Gasteiger charge is 2.16. The van der Waals surface area contributed by atoms with Gasteiger partial charge < -0.3 is 0 Å². The lowest BCUT2D eigenvalue weighted by Crippen LogP contribution is -2.05. The van der Waals surface area contributed by atoms with E-state index in [0.717, 1.165) is 0 Å². The first-order chi connectivity index (χ1) is 7.31. The first-order valence-corrected chi connectivity index (χ1v) is 5.74. The van der Waals surface area contributed by atoms with Crippen LogP contribution in [0.2, 0.25) is 5.15 Å².